The summed E-state index contributed by atoms with van der Waals surface area (Å²) in [6.07, 6.45) is 1.60. The van der Waals surface area contributed by atoms with Crippen molar-refractivity contribution in [1.82, 2.24) is 10.3 Å². The van der Waals surface area contributed by atoms with Crippen molar-refractivity contribution in [3.8, 4) is 0 Å². The molecule has 3 aromatic rings. The number of aryl methyl sites for hydroxylation is 2. The van der Waals surface area contributed by atoms with Crippen LogP contribution in [0.15, 0.2) is 55.1 Å². The molecule has 1 heterocycles. The zero-order chi connectivity index (χ0) is 19.4. The van der Waals surface area contributed by atoms with Gasteiger partial charge in [0.05, 0.1) is 0 Å². The topological polar surface area (TPSA) is 86.0 Å². The Kier molecular flexibility index (Phi) is 5.26. The summed E-state index contributed by atoms with van der Waals surface area (Å²) in [6, 6.07) is 12.2. The molecule has 0 fully saturated rings. The number of aromatic nitrogens is 1. The van der Waals surface area contributed by atoms with E-state index in [1.807, 2.05) is 26.0 Å². The molecule has 3 amide bonds. The number of benzene rings is 2. The monoisotopic (exact) mass is 362 g/mol. The lowest BCUT2D eigenvalue weighted by atomic mass is 10.1. The van der Waals surface area contributed by atoms with Crippen molar-refractivity contribution in [2.45, 2.75) is 13.8 Å². The van der Waals surface area contributed by atoms with Crippen molar-refractivity contribution < 1.29 is 9.59 Å². The van der Waals surface area contributed by atoms with Gasteiger partial charge in [-0.25, -0.2) is 4.79 Å². The van der Waals surface area contributed by atoms with Gasteiger partial charge in [-0.2, -0.15) is 0 Å². The van der Waals surface area contributed by atoms with Crippen LogP contribution >= 0.6 is 0 Å². The molecule has 0 saturated carbocycles. The minimum Gasteiger partial charge on any atom is -0.358 e. The second kappa shape index (κ2) is 7.78. The highest BCUT2D eigenvalue weighted by Crippen LogP contribution is 2.23. The molecule has 0 spiro atoms. The van der Waals surface area contributed by atoms with E-state index in [2.05, 4.69) is 27.5 Å². The minimum atomic E-state index is -0.308. The van der Waals surface area contributed by atoms with E-state index in [0.717, 1.165) is 22.2 Å². The quantitative estimate of drug-likeness (QED) is 0.509. The van der Waals surface area contributed by atoms with E-state index in [4.69, 9.17) is 0 Å². The van der Waals surface area contributed by atoms with Crippen LogP contribution in [0.25, 0.3) is 10.9 Å². The van der Waals surface area contributed by atoms with Crippen LogP contribution in [0.4, 0.5) is 16.2 Å². The van der Waals surface area contributed by atoms with Gasteiger partial charge in [0.15, 0.2) is 0 Å². The van der Waals surface area contributed by atoms with Gasteiger partial charge in [0.2, 0.25) is 0 Å². The number of hydrogen-bond acceptors (Lipinski definition) is 2. The normalized spacial score (nSPS) is 10.4. The molecular formula is C21H22N4O2. The standard InChI is InChI=1S/C21H22N4O2/c1-4-11-22-21(27)25-17-8-6-16(7-9-17)24-20(26)15-5-10-19-18(12-15)13(2)14(3)23-19/h4-10,12,23H,1,11H2,2-3H3,(H,24,26)(H2,22,25,27). The number of H-pyrrole nitrogens is 1. The van der Waals surface area contributed by atoms with Gasteiger partial charge >= 0.3 is 6.03 Å². The molecule has 1 aromatic heterocycles. The molecule has 0 aliphatic rings. The van der Waals surface area contributed by atoms with Crippen LogP contribution in [0.5, 0.6) is 0 Å². The third-order valence-electron chi connectivity index (χ3n) is 4.38. The largest absolute Gasteiger partial charge is 0.358 e. The van der Waals surface area contributed by atoms with E-state index >= 15 is 0 Å². The molecule has 138 valence electrons. The Morgan fingerprint density at radius 3 is 2.37 bits per heavy atom. The highest BCUT2D eigenvalue weighted by atomic mass is 16.2. The van der Waals surface area contributed by atoms with Crippen LogP contribution < -0.4 is 16.0 Å². The lowest BCUT2D eigenvalue weighted by molar-refractivity contribution is 0.102. The summed E-state index contributed by atoms with van der Waals surface area (Å²) in [5, 5.41) is 9.25. The number of nitrogens with one attached hydrogen (secondary N) is 4. The first-order valence-electron chi connectivity index (χ1n) is 8.64. The summed E-state index contributed by atoms with van der Waals surface area (Å²) < 4.78 is 0. The van der Waals surface area contributed by atoms with E-state index in [1.54, 1.807) is 36.4 Å². The van der Waals surface area contributed by atoms with Gasteiger partial charge in [-0.05, 0) is 61.9 Å². The van der Waals surface area contributed by atoms with Crippen LogP contribution in [-0.4, -0.2) is 23.5 Å². The SMILES string of the molecule is C=CCNC(=O)Nc1ccc(NC(=O)c2ccc3[nH]c(C)c(C)c3c2)cc1. The molecule has 4 N–H and O–H groups in total. The van der Waals surface area contributed by atoms with Crippen LogP contribution in [0.1, 0.15) is 21.6 Å². The van der Waals surface area contributed by atoms with Crippen LogP contribution in [-0.2, 0) is 0 Å². The second-order valence-corrected chi connectivity index (χ2v) is 6.29. The van der Waals surface area contributed by atoms with Crippen molar-refractivity contribution in [2.75, 3.05) is 17.2 Å². The average molecular weight is 362 g/mol. The lowest BCUT2D eigenvalue weighted by Crippen LogP contribution is -2.28. The fraction of sp³-hybridized carbons (Fsp3) is 0.143. The zero-order valence-corrected chi connectivity index (χ0v) is 15.3. The van der Waals surface area contributed by atoms with Gasteiger partial charge in [0, 0.05) is 40.1 Å². The van der Waals surface area contributed by atoms with Crippen molar-refractivity contribution in [1.29, 1.82) is 0 Å². The number of carbonyl (C=O) groups excluding carboxylic acids is 2. The number of urea groups is 1. The molecule has 0 radical (unpaired) electrons. The van der Waals surface area contributed by atoms with Gasteiger partial charge in [0.25, 0.3) is 5.91 Å². The Morgan fingerprint density at radius 1 is 1.04 bits per heavy atom. The molecule has 0 atom stereocenters. The van der Waals surface area contributed by atoms with E-state index in [0.29, 0.717) is 23.5 Å². The lowest BCUT2D eigenvalue weighted by Gasteiger charge is -2.08. The van der Waals surface area contributed by atoms with Gasteiger partial charge in [0.1, 0.15) is 0 Å². The molecule has 0 bridgehead atoms. The number of aromatic amines is 1. The van der Waals surface area contributed by atoms with Gasteiger partial charge in [-0.1, -0.05) is 6.08 Å². The maximum absolute atomic E-state index is 12.5. The first-order chi connectivity index (χ1) is 13.0. The predicted molar refractivity (Wildman–Crippen MR) is 109 cm³/mol. The molecule has 6 nitrogen and oxygen atoms in total. The molecule has 27 heavy (non-hydrogen) atoms. The maximum Gasteiger partial charge on any atom is 0.319 e. The number of rotatable bonds is 5. The average Bonchev–Trinajstić information content (AvgIpc) is 2.95. The van der Waals surface area contributed by atoms with Crippen LogP contribution in [0.2, 0.25) is 0 Å². The molecule has 0 saturated heterocycles. The Hall–Kier alpha value is -3.54. The number of amides is 3. The smallest absolute Gasteiger partial charge is 0.319 e. The molecule has 0 aliphatic heterocycles. The van der Waals surface area contributed by atoms with Crippen LogP contribution in [0, 0.1) is 13.8 Å². The zero-order valence-electron chi connectivity index (χ0n) is 15.3. The highest BCUT2D eigenvalue weighted by molar-refractivity contribution is 6.06. The number of anilines is 2. The van der Waals surface area contributed by atoms with E-state index in [-0.39, 0.29) is 11.9 Å². The summed E-state index contributed by atoms with van der Waals surface area (Å²) in [6.45, 7) is 7.99. The second-order valence-electron chi connectivity index (χ2n) is 6.29. The van der Waals surface area contributed by atoms with E-state index < -0.39 is 0 Å². The first kappa shape index (κ1) is 18.3. The van der Waals surface area contributed by atoms with Crippen molar-refractivity contribution in [2.24, 2.45) is 0 Å². The molecule has 6 heteroatoms. The molecule has 3 rings (SSSR count). The Bertz CT molecular complexity index is 1000. The first-order valence-corrected chi connectivity index (χ1v) is 8.64. The van der Waals surface area contributed by atoms with Gasteiger partial charge in [-0.15, -0.1) is 6.58 Å². The summed E-state index contributed by atoms with van der Waals surface area (Å²) >= 11 is 0. The van der Waals surface area contributed by atoms with Crippen molar-refractivity contribution in [3.05, 3.63) is 71.9 Å². The van der Waals surface area contributed by atoms with Gasteiger partial charge < -0.3 is 20.9 Å². The fourth-order valence-corrected chi connectivity index (χ4v) is 2.78. The third kappa shape index (κ3) is 4.17. The molecular weight excluding hydrogens is 340 g/mol. The predicted octanol–water partition coefficient (Wildman–Crippen LogP) is 4.34. The molecule has 2 aromatic carbocycles. The van der Waals surface area contributed by atoms with E-state index in [9.17, 15) is 9.59 Å². The molecule has 0 unspecified atom stereocenters. The summed E-state index contributed by atoms with van der Waals surface area (Å²) in [5.74, 6) is -0.181. The summed E-state index contributed by atoms with van der Waals surface area (Å²) in [5.41, 5.74) is 5.14. The molecule has 0 aliphatic carbocycles. The number of hydrogen-bond donors (Lipinski definition) is 4. The number of carbonyl (C=O) groups is 2. The summed E-state index contributed by atoms with van der Waals surface area (Å²) in [7, 11) is 0. The minimum absolute atomic E-state index is 0.181. The van der Waals surface area contributed by atoms with Crippen LogP contribution in [0.3, 0.4) is 0 Å². The third-order valence-corrected chi connectivity index (χ3v) is 4.38. The Morgan fingerprint density at radius 2 is 1.70 bits per heavy atom. The van der Waals surface area contributed by atoms with Gasteiger partial charge in [-0.3, -0.25) is 4.79 Å². The van der Waals surface area contributed by atoms with Crippen molar-refractivity contribution >= 4 is 34.2 Å². The van der Waals surface area contributed by atoms with Crippen molar-refractivity contribution in [3.63, 3.8) is 0 Å². The highest BCUT2D eigenvalue weighted by Gasteiger charge is 2.10. The fourth-order valence-electron chi connectivity index (χ4n) is 2.78. The Labute approximate surface area is 157 Å². The van der Waals surface area contributed by atoms with E-state index in [1.165, 1.54) is 0 Å². The number of fused-ring (bicyclic) bond motifs is 1. The summed E-state index contributed by atoms with van der Waals surface area (Å²) in [4.78, 5) is 27.5. The Balaban J connectivity index is 1.68. The maximum atomic E-state index is 12.5.